The second-order valence-corrected chi connectivity index (χ2v) is 7.11. The fraction of sp³-hybridized carbons (Fsp3) is 0.870. The first-order valence-corrected chi connectivity index (χ1v) is 11.2. The molecular weight excluding hydrogens is 324 g/mol. The molecule has 0 amide bonds. The van der Waals surface area contributed by atoms with Crippen molar-refractivity contribution in [2.75, 3.05) is 19.8 Å². The lowest BCUT2D eigenvalue weighted by atomic mass is 10.1. The van der Waals surface area contributed by atoms with Crippen LogP contribution < -0.4 is 0 Å². The number of hydrogen-bond acceptors (Lipinski definition) is 3. The molecule has 0 aromatic rings. The first-order valence-electron chi connectivity index (χ1n) is 11.2. The Morgan fingerprint density at radius 3 is 1.88 bits per heavy atom. The monoisotopic (exact) mass is 368 g/mol. The highest BCUT2D eigenvalue weighted by atomic mass is 16.5. The van der Waals surface area contributed by atoms with Crippen LogP contribution in [0, 0.1) is 0 Å². The third-order valence-corrected chi connectivity index (χ3v) is 4.54. The van der Waals surface area contributed by atoms with E-state index in [1.54, 1.807) is 0 Å². The third kappa shape index (κ3) is 21.2. The summed E-state index contributed by atoms with van der Waals surface area (Å²) >= 11 is 0. The van der Waals surface area contributed by atoms with Gasteiger partial charge in [-0.1, -0.05) is 70.4 Å². The first-order chi connectivity index (χ1) is 12.8. The maximum atomic E-state index is 11.5. The molecule has 154 valence electrons. The van der Waals surface area contributed by atoms with E-state index in [0.717, 1.165) is 25.9 Å². The Morgan fingerprint density at radius 1 is 0.692 bits per heavy atom. The van der Waals surface area contributed by atoms with E-state index in [0.29, 0.717) is 19.6 Å². The molecule has 0 aromatic heterocycles. The van der Waals surface area contributed by atoms with Gasteiger partial charge in [0.1, 0.15) is 0 Å². The van der Waals surface area contributed by atoms with Gasteiger partial charge in [0.05, 0.1) is 6.61 Å². The van der Waals surface area contributed by atoms with Crippen molar-refractivity contribution in [2.45, 2.75) is 110 Å². The summed E-state index contributed by atoms with van der Waals surface area (Å²) in [6.45, 7) is 6.13. The molecule has 0 aliphatic carbocycles. The number of esters is 1. The molecule has 0 saturated heterocycles. The second-order valence-electron chi connectivity index (χ2n) is 7.11. The van der Waals surface area contributed by atoms with Crippen LogP contribution in [0.5, 0.6) is 0 Å². The van der Waals surface area contributed by atoms with Crippen LogP contribution in [0.25, 0.3) is 0 Å². The highest BCUT2D eigenvalue weighted by molar-refractivity contribution is 5.69. The van der Waals surface area contributed by atoms with Crippen molar-refractivity contribution in [1.82, 2.24) is 0 Å². The topological polar surface area (TPSA) is 35.5 Å². The van der Waals surface area contributed by atoms with Crippen LogP contribution in [0.3, 0.4) is 0 Å². The van der Waals surface area contributed by atoms with Crippen molar-refractivity contribution in [1.29, 1.82) is 0 Å². The first kappa shape index (κ1) is 25.2. The van der Waals surface area contributed by atoms with Crippen LogP contribution in [-0.2, 0) is 14.3 Å². The molecule has 0 rings (SSSR count). The van der Waals surface area contributed by atoms with E-state index in [9.17, 15) is 4.79 Å². The zero-order valence-corrected chi connectivity index (χ0v) is 17.6. The van der Waals surface area contributed by atoms with Gasteiger partial charge in [0, 0.05) is 26.1 Å². The normalized spacial score (nSPS) is 11.3. The molecule has 0 spiro atoms. The fourth-order valence-electron chi connectivity index (χ4n) is 2.90. The average Bonchev–Trinajstić information content (AvgIpc) is 2.64. The molecule has 0 unspecified atom stereocenters. The number of rotatable bonds is 20. The Bertz CT molecular complexity index is 313. The molecule has 0 saturated carbocycles. The highest BCUT2D eigenvalue weighted by Crippen LogP contribution is 2.10. The van der Waals surface area contributed by atoms with Crippen molar-refractivity contribution in [2.24, 2.45) is 0 Å². The van der Waals surface area contributed by atoms with E-state index in [-0.39, 0.29) is 5.97 Å². The molecule has 3 nitrogen and oxygen atoms in total. The molecule has 3 heteroatoms. The molecule has 0 radical (unpaired) electrons. The standard InChI is InChI=1S/C23H44O3/c1-3-5-6-7-8-9-10-11-12-13-14-15-16-17-18-20-23(24)26-22-19-21-25-4-2/h11-12H,3-10,13-22H2,1-2H3/b12-11+. The largest absolute Gasteiger partial charge is 0.466 e. The molecule has 0 aliphatic heterocycles. The van der Waals surface area contributed by atoms with Gasteiger partial charge in [0.2, 0.25) is 0 Å². The zero-order valence-electron chi connectivity index (χ0n) is 17.6. The van der Waals surface area contributed by atoms with Crippen LogP contribution in [0.2, 0.25) is 0 Å². The lowest BCUT2D eigenvalue weighted by molar-refractivity contribution is -0.144. The van der Waals surface area contributed by atoms with Crippen LogP contribution in [0.15, 0.2) is 12.2 Å². The summed E-state index contributed by atoms with van der Waals surface area (Å²) in [5.74, 6) is -0.0564. The summed E-state index contributed by atoms with van der Waals surface area (Å²) in [5.41, 5.74) is 0. The lowest BCUT2D eigenvalue weighted by Crippen LogP contribution is -2.07. The fourth-order valence-corrected chi connectivity index (χ4v) is 2.90. The van der Waals surface area contributed by atoms with Crippen molar-refractivity contribution in [3.63, 3.8) is 0 Å². The summed E-state index contributed by atoms with van der Waals surface area (Å²) in [4.78, 5) is 11.5. The molecule has 0 N–H and O–H groups in total. The third-order valence-electron chi connectivity index (χ3n) is 4.54. The van der Waals surface area contributed by atoms with Gasteiger partial charge >= 0.3 is 5.97 Å². The SMILES string of the molecule is CCCCCCCC/C=C/CCCCCCCC(=O)OCCCOCC. The average molecular weight is 369 g/mol. The Labute approximate surface area is 162 Å². The Balaban J connectivity index is 3.18. The quantitative estimate of drug-likeness (QED) is 0.132. The number of carbonyl (C=O) groups excluding carboxylic acids is 1. The number of hydrogen-bond donors (Lipinski definition) is 0. The summed E-state index contributed by atoms with van der Waals surface area (Å²) in [6, 6.07) is 0. The van der Waals surface area contributed by atoms with Crippen LogP contribution in [0.4, 0.5) is 0 Å². The van der Waals surface area contributed by atoms with Crippen molar-refractivity contribution in [3.8, 4) is 0 Å². The minimum Gasteiger partial charge on any atom is -0.466 e. The minimum absolute atomic E-state index is 0.0564. The van der Waals surface area contributed by atoms with Gasteiger partial charge in [0.15, 0.2) is 0 Å². The van der Waals surface area contributed by atoms with Crippen LogP contribution in [-0.4, -0.2) is 25.8 Å². The van der Waals surface area contributed by atoms with Gasteiger partial charge in [-0.05, 0) is 39.0 Å². The van der Waals surface area contributed by atoms with Crippen molar-refractivity contribution in [3.05, 3.63) is 12.2 Å². The number of ether oxygens (including phenoxy) is 2. The summed E-state index contributed by atoms with van der Waals surface area (Å²) < 4.78 is 10.4. The second kappa shape index (κ2) is 22.2. The van der Waals surface area contributed by atoms with Gasteiger partial charge in [-0.15, -0.1) is 0 Å². The molecule has 0 fully saturated rings. The van der Waals surface area contributed by atoms with Gasteiger partial charge in [0.25, 0.3) is 0 Å². The number of allylic oxidation sites excluding steroid dienone is 2. The van der Waals surface area contributed by atoms with E-state index in [2.05, 4.69) is 19.1 Å². The predicted octanol–water partition coefficient (Wildman–Crippen LogP) is 6.99. The molecule has 0 aromatic carbocycles. The van der Waals surface area contributed by atoms with Gasteiger partial charge in [-0.2, -0.15) is 0 Å². The predicted molar refractivity (Wildman–Crippen MR) is 112 cm³/mol. The maximum absolute atomic E-state index is 11.5. The van der Waals surface area contributed by atoms with Gasteiger partial charge in [-0.3, -0.25) is 4.79 Å². The molecule has 0 atom stereocenters. The van der Waals surface area contributed by atoms with Gasteiger partial charge in [-0.25, -0.2) is 0 Å². The van der Waals surface area contributed by atoms with E-state index in [1.807, 2.05) is 6.92 Å². The summed E-state index contributed by atoms with van der Waals surface area (Å²) in [6.07, 6.45) is 22.7. The highest BCUT2D eigenvalue weighted by Gasteiger charge is 2.02. The van der Waals surface area contributed by atoms with Crippen LogP contribution >= 0.6 is 0 Å². The van der Waals surface area contributed by atoms with E-state index in [1.165, 1.54) is 70.6 Å². The number of carbonyl (C=O) groups is 1. The lowest BCUT2D eigenvalue weighted by Gasteiger charge is -2.05. The Hall–Kier alpha value is -0.830. The molecular formula is C23H44O3. The molecule has 26 heavy (non-hydrogen) atoms. The molecule has 0 bridgehead atoms. The Morgan fingerprint density at radius 2 is 1.27 bits per heavy atom. The number of unbranched alkanes of at least 4 members (excludes halogenated alkanes) is 11. The van der Waals surface area contributed by atoms with E-state index in [4.69, 9.17) is 9.47 Å². The summed E-state index contributed by atoms with van der Waals surface area (Å²) in [5, 5.41) is 0. The van der Waals surface area contributed by atoms with Crippen molar-refractivity contribution >= 4 is 5.97 Å². The minimum atomic E-state index is -0.0564. The zero-order chi connectivity index (χ0) is 19.1. The molecule has 0 aliphatic rings. The van der Waals surface area contributed by atoms with Gasteiger partial charge < -0.3 is 9.47 Å². The van der Waals surface area contributed by atoms with E-state index < -0.39 is 0 Å². The van der Waals surface area contributed by atoms with Crippen LogP contribution in [0.1, 0.15) is 110 Å². The van der Waals surface area contributed by atoms with Crippen molar-refractivity contribution < 1.29 is 14.3 Å². The van der Waals surface area contributed by atoms with E-state index >= 15 is 0 Å². The summed E-state index contributed by atoms with van der Waals surface area (Å²) in [7, 11) is 0. The molecule has 0 heterocycles. The Kier molecular flexibility index (Phi) is 21.5. The smallest absolute Gasteiger partial charge is 0.305 e. The maximum Gasteiger partial charge on any atom is 0.305 e.